The van der Waals surface area contributed by atoms with Crippen LogP contribution in [0.1, 0.15) is 30.1 Å². The summed E-state index contributed by atoms with van der Waals surface area (Å²) in [4.78, 5) is 2.38. The Labute approximate surface area is 120 Å². The van der Waals surface area contributed by atoms with E-state index in [1.807, 2.05) is 12.1 Å². The zero-order valence-electron chi connectivity index (χ0n) is 12.2. The molecule has 0 bridgehead atoms. The number of ether oxygens (including phenoxy) is 2. The second-order valence-electron chi connectivity index (χ2n) is 5.76. The molecule has 1 aliphatic heterocycles. The van der Waals surface area contributed by atoms with Crippen LogP contribution < -0.4 is 4.74 Å². The quantitative estimate of drug-likeness (QED) is 0.914. The predicted octanol–water partition coefficient (Wildman–Crippen LogP) is 1.76. The Bertz CT molecular complexity index is 477. The van der Waals surface area contributed by atoms with Crippen molar-refractivity contribution in [3.63, 3.8) is 0 Å². The van der Waals surface area contributed by atoms with Crippen molar-refractivity contribution in [2.75, 3.05) is 27.3 Å². The summed E-state index contributed by atoms with van der Waals surface area (Å²) in [6.07, 6.45) is 2.98. The molecular formula is C16H23NO3. The number of nitrogens with zero attached hydrogens (tertiary/aromatic N) is 1. The van der Waals surface area contributed by atoms with E-state index >= 15 is 0 Å². The highest BCUT2D eigenvalue weighted by molar-refractivity contribution is 5.39. The van der Waals surface area contributed by atoms with Crippen molar-refractivity contribution in [1.82, 2.24) is 4.90 Å². The molecule has 1 fully saturated rings. The summed E-state index contributed by atoms with van der Waals surface area (Å²) >= 11 is 0. The lowest BCUT2D eigenvalue weighted by Gasteiger charge is -2.36. The summed E-state index contributed by atoms with van der Waals surface area (Å²) in [5.41, 5.74) is 2.28. The summed E-state index contributed by atoms with van der Waals surface area (Å²) in [6, 6.07) is 6.22. The average Bonchev–Trinajstić information content (AvgIpc) is 2.96. The minimum Gasteiger partial charge on any atom is -0.497 e. The second kappa shape index (κ2) is 5.72. The number of aryl methyl sites for hydroxylation is 1. The maximum Gasteiger partial charge on any atom is 0.119 e. The molecule has 3 unspecified atom stereocenters. The largest absolute Gasteiger partial charge is 0.497 e. The first-order valence-electron chi connectivity index (χ1n) is 7.34. The van der Waals surface area contributed by atoms with Gasteiger partial charge < -0.3 is 14.6 Å². The van der Waals surface area contributed by atoms with Gasteiger partial charge in [0.25, 0.3) is 0 Å². The smallest absolute Gasteiger partial charge is 0.119 e. The van der Waals surface area contributed by atoms with E-state index in [9.17, 15) is 5.11 Å². The molecule has 110 valence electrons. The summed E-state index contributed by atoms with van der Waals surface area (Å²) in [6.45, 7) is 1.95. The van der Waals surface area contributed by atoms with Gasteiger partial charge in [0, 0.05) is 26.2 Å². The third-order valence-electron chi connectivity index (χ3n) is 4.72. The number of benzene rings is 1. The van der Waals surface area contributed by atoms with Gasteiger partial charge in [0.2, 0.25) is 0 Å². The van der Waals surface area contributed by atoms with E-state index in [0.29, 0.717) is 6.10 Å². The number of hydrogen-bond donors (Lipinski definition) is 1. The molecule has 0 radical (unpaired) electrons. The standard InChI is InChI=1S/C16H23NO3/c1-19-12-4-5-14-11(9-12)3-6-15(16(14)18)17-8-7-13(10-17)20-2/h4-5,9,13,15-16,18H,3,6-8,10H2,1-2H3. The monoisotopic (exact) mass is 277 g/mol. The van der Waals surface area contributed by atoms with Gasteiger partial charge in [0.15, 0.2) is 0 Å². The third-order valence-corrected chi connectivity index (χ3v) is 4.72. The molecule has 0 spiro atoms. The summed E-state index contributed by atoms with van der Waals surface area (Å²) in [5, 5.41) is 10.7. The third kappa shape index (κ3) is 2.43. The molecule has 0 saturated carbocycles. The molecule has 0 aromatic heterocycles. The highest BCUT2D eigenvalue weighted by atomic mass is 16.5. The topological polar surface area (TPSA) is 41.9 Å². The molecule has 1 saturated heterocycles. The normalized spacial score (nSPS) is 30.2. The molecule has 1 aromatic rings. The van der Waals surface area contributed by atoms with Crippen LogP contribution in [0.5, 0.6) is 5.75 Å². The van der Waals surface area contributed by atoms with E-state index in [4.69, 9.17) is 9.47 Å². The Kier molecular flexibility index (Phi) is 3.96. The predicted molar refractivity (Wildman–Crippen MR) is 77.0 cm³/mol. The Morgan fingerprint density at radius 1 is 1.25 bits per heavy atom. The van der Waals surface area contributed by atoms with Gasteiger partial charge >= 0.3 is 0 Å². The molecule has 3 atom stereocenters. The molecule has 3 rings (SSSR count). The number of aliphatic hydroxyl groups excluding tert-OH is 1. The van der Waals surface area contributed by atoms with Gasteiger partial charge in [-0.05, 0) is 42.5 Å². The lowest BCUT2D eigenvalue weighted by molar-refractivity contribution is 0.0356. The Hall–Kier alpha value is -1.10. The van der Waals surface area contributed by atoms with Gasteiger partial charge in [-0.2, -0.15) is 0 Å². The lowest BCUT2D eigenvalue weighted by Crippen LogP contribution is -2.41. The lowest BCUT2D eigenvalue weighted by atomic mass is 9.85. The molecule has 2 aliphatic rings. The van der Waals surface area contributed by atoms with Crippen LogP contribution in [-0.2, 0) is 11.2 Å². The molecule has 20 heavy (non-hydrogen) atoms. The minimum absolute atomic E-state index is 0.219. The number of rotatable bonds is 3. The van der Waals surface area contributed by atoms with Crippen LogP contribution in [0.2, 0.25) is 0 Å². The van der Waals surface area contributed by atoms with Crippen molar-refractivity contribution in [3.8, 4) is 5.75 Å². The van der Waals surface area contributed by atoms with Gasteiger partial charge in [-0.3, -0.25) is 4.90 Å². The first-order chi connectivity index (χ1) is 9.72. The van der Waals surface area contributed by atoms with Crippen LogP contribution in [0.3, 0.4) is 0 Å². The van der Waals surface area contributed by atoms with Gasteiger partial charge in [-0.1, -0.05) is 6.07 Å². The van der Waals surface area contributed by atoms with Gasteiger partial charge in [-0.15, -0.1) is 0 Å². The molecule has 1 aromatic carbocycles. The summed E-state index contributed by atoms with van der Waals surface area (Å²) in [5.74, 6) is 0.870. The van der Waals surface area contributed by atoms with E-state index in [2.05, 4.69) is 11.0 Å². The maximum atomic E-state index is 10.7. The maximum absolute atomic E-state index is 10.7. The number of methoxy groups -OCH3 is 2. The molecule has 1 N–H and O–H groups in total. The molecule has 4 heteroatoms. The first kappa shape index (κ1) is 13.9. The average molecular weight is 277 g/mol. The van der Waals surface area contributed by atoms with Crippen LogP contribution >= 0.6 is 0 Å². The Balaban J connectivity index is 1.77. The van der Waals surface area contributed by atoms with Crippen LogP contribution in [-0.4, -0.2) is 49.5 Å². The van der Waals surface area contributed by atoms with Gasteiger partial charge in [0.05, 0.1) is 19.3 Å². The van der Waals surface area contributed by atoms with E-state index < -0.39 is 6.10 Å². The van der Waals surface area contributed by atoms with E-state index in [-0.39, 0.29) is 6.04 Å². The van der Waals surface area contributed by atoms with Crippen molar-refractivity contribution in [1.29, 1.82) is 0 Å². The van der Waals surface area contributed by atoms with Crippen molar-refractivity contribution in [3.05, 3.63) is 29.3 Å². The van der Waals surface area contributed by atoms with Crippen LogP contribution in [0, 0.1) is 0 Å². The summed E-state index contributed by atoms with van der Waals surface area (Å²) in [7, 11) is 3.45. The Morgan fingerprint density at radius 2 is 2.10 bits per heavy atom. The highest BCUT2D eigenvalue weighted by Gasteiger charge is 2.36. The van der Waals surface area contributed by atoms with E-state index in [1.165, 1.54) is 5.56 Å². The fourth-order valence-corrected chi connectivity index (χ4v) is 3.51. The zero-order chi connectivity index (χ0) is 14.1. The van der Waals surface area contributed by atoms with E-state index in [0.717, 1.165) is 43.7 Å². The highest BCUT2D eigenvalue weighted by Crippen LogP contribution is 2.36. The fourth-order valence-electron chi connectivity index (χ4n) is 3.51. The summed E-state index contributed by atoms with van der Waals surface area (Å²) < 4.78 is 10.7. The number of likely N-dealkylation sites (tertiary alicyclic amines) is 1. The van der Waals surface area contributed by atoms with Crippen LogP contribution in [0.4, 0.5) is 0 Å². The van der Waals surface area contributed by atoms with Crippen molar-refractivity contribution in [2.24, 2.45) is 0 Å². The zero-order valence-corrected chi connectivity index (χ0v) is 12.2. The van der Waals surface area contributed by atoms with Crippen LogP contribution in [0.15, 0.2) is 18.2 Å². The molecule has 1 aliphatic carbocycles. The fraction of sp³-hybridized carbons (Fsp3) is 0.625. The van der Waals surface area contributed by atoms with Gasteiger partial charge in [-0.25, -0.2) is 0 Å². The van der Waals surface area contributed by atoms with Crippen LogP contribution in [0.25, 0.3) is 0 Å². The minimum atomic E-state index is -0.403. The molecule has 4 nitrogen and oxygen atoms in total. The number of aliphatic hydroxyl groups is 1. The molecule has 1 heterocycles. The van der Waals surface area contributed by atoms with Crippen molar-refractivity contribution < 1.29 is 14.6 Å². The van der Waals surface area contributed by atoms with Crippen molar-refractivity contribution >= 4 is 0 Å². The molecular weight excluding hydrogens is 254 g/mol. The van der Waals surface area contributed by atoms with E-state index in [1.54, 1.807) is 14.2 Å². The molecule has 0 amide bonds. The number of hydrogen-bond acceptors (Lipinski definition) is 4. The first-order valence-corrected chi connectivity index (χ1v) is 7.34. The Morgan fingerprint density at radius 3 is 2.80 bits per heavy atom. The number of fused-ring (bicyclic) bond motifs is 1. The van der Waals surface area contributed by atoms with Gasteiger partial charge in [0.1, 0.15) is 5.75 Å². The SMILES string of the molecule is COc1ccc2c(c1)CCC(N1CCC(OC)C1)C2O. The van der Waals surface area contributed by atoms with Crippen molar-refractivity contribution in [2.45, 2.75) is 37.5 Å². The second-order valence-corrected chi connectivity index (χ2v) is 5.76.